The van der Waals surface area contributed by atoms with Gasteiger partial charge in [0.15, 0.2) is 0 Å². The maximum Gasteiger partial charge on any atom is 0.257 e. The lowest BCUT2D eigenvalue weighted by atomic mass is 10.2. The molecule has 2 N–H and O–H groups in total. The van der Waals surface area contributed by atoms with E-state index in [1.54, 1.807) is 60.7 Å². The molecule has 0 saturated heterocycles. The van der Waals surface area contributed by atoms with Crippen molar-refractivity contribution in [3.05, 3.63) is 105 Å². The van der Waals surface area contributed by atoms with Crippen LogP contribution in [-0.2, 0) is 17.8 Å². The molecule has 4 rings (SSSR count). The van der Waals surface area contributed by atoms with Gasteiger partial charge in [-0.15, -0.1) is 10.2 Å². The lowest BCUT2D eigenvalue weighted by Gasteiger charge is -2.10. The Morgan fingerprint density at radius 3 is 2.64 bits per heavy atom. The first-order valence-corrected chi connectivity index (χ1v) is 11.8. The number of amides is 2. The van der Waals surface area contributed by atoms with E-state index in [2.05, 4.69) is 26.0 Å². The van der Waals surface area contributed by atoms with Crippen molar-refractivity contribution in [1.29, 1.82) is 0 Å². The first kappa shape index (κ1) is 25.0. The van der Waals surface area contributed by atoms with E-state index in [0.717, 1.165) is 11.3 Å². The summed E-state index contributed by atoms with van der Waals surface area (Å²) in [4.78, 5) is 24.5. The fourth-order valence-electron chi connectivity index (χ4n) is 3.01. The summed E-state index contributed by atoms with van der Waals surface area (Å²) in [7, 11) is 0. The minimum Gasteiger partial charge on any atom is -0.488 e. The predicted octanol–water partition coefficient (Wildman–Crippen LogP) is 4.85. The molecule has 4 aromatic rings. The molecule has 0 bridgehead atoms. The summed E-state index contributed by atoms with van der Waals surface area (Å²) in [5.74, 6) is -0.696. The van der Waals surface area contributed by atoms with Gasteiger partial charge in [-0.3, -0.25) is 14.9 Å². The van der Waals surface area contributed by atoms with Crippen molar-refractivity contribution in [2.45, 2.75) is 13.0 Å². The monoisotopic (exact) mass is 523 g/mol. The lowest BCUT2D eigenvalue weighted by Crippen LogP contribution is -2.19. The molecule has 0 saturated carbocycles. The molecular formula is C25H19ClFN5O3S. The number of hydrogen-bond acceptors (Lipinski definition) is 7. The highest BCUT2D eigenvalue weighted by Crippen LogP contribution is 2.23. The van der Waals surface area contributed by atoms with Crippen molar-refractivity contribution in [3.63, 3.8) is 0 Å². The van der Waals surface area contributed by atoms with Crippen LogP contribution in [0.4, 0.5) is 9.52 Å². The topological polar surface area (TPSA) is 106 Å². The van der Waals surface area contributed by atoms with Gasteiger partial charge in [0.25, 0.3) is 5.91 Å². The molecule has 0 spiro atoms. The van der Waals surface area contributed by atoms with E-state index in [1.165, 1.54) is 12.3 Å². The van der Waals surface area contributed by atoms with Crippen molar-refractivity contribution >= 4 is 46.1 Å². The van der Waals surface area contributed by atoms with Crippen LogP contribution in [0.15, 0.2) is 77.9 Å². The number of carbonyl (C=O) groups is 2. The summed E-state index contributed by atoms with van der Waals surface area (Å²) >= 11 is 7.17. The Hall–Kier alpha value is -4.15. The summed E-state index contributed by atoms with van der Waals surface area (Å²) in [6.45, 7) is 0.0156. The summed E-state index contributed by atoms with van der Waals surface area (Å²) < 4.78 is 19.6. The number of nitrogens with zero attached hydrogens (tertiary/aromatic N) is 3. The average molecular weight is 524 g/mol. The summed E-state index contributed by atoms with van der Waals surface area (Å²) in [6.07, 6.45) is 1.30. The molecule has 0 aliphatic heterocycles. The molecule has 3 aromatic carbocycles. The zero-order chi connectivity index (χ0) is 25.3. The first-order chi connectivity index (χ1) is 17.5. The molecule has 0 aliphatic carbocycles. The van der Waals surface area contributed by atoms with Gasteiger partial charge in [-0.25, -0.2) is 9.82 Å². The second-order valence-electron chi connectivity index (χ2n) is 7.35. The quantitative estimate of drug-likeness (QED) is 0.241. The number of hydrazone groups is 1. The Balaban J connectivity index is 1.32. The number of nitrogens with one attached hydrogen (secondary N) is 2. The Morgan fingerprint density at radius 1 is 1.06 bits per heavy atom. The molecule has 0 fully saturated rings. The summed E-state index contributed by atoms with van der Waals surface area (Å²) in [5, 5.41) is 15.6. The Morgan fingerprint density at radius 2 is 1.83 bits per heavy atom. The van der Waals surface area contributed by atoms with Gasteiger partial charge in [-0.05, 0) is 36.4 Å². The van der Waals surface area contributed by atoms with E-state index in [9.17, 15) is 14.0 Å². The lowest BCUT2D eigenvalue weighted by molar-refractivity contribution is -0.120. The maximum atomic E-state index is 13.9. The summed E-state index contributed by atoms with van der Waals surface area (Å²) in [5.41, 5.74) is 3.80. The van der Waals surface area contributed by atoms with E-state index in [0.29, 0.717) is 32.5 Å². The van der Waals surface area contributed by atoms with Crippen molar-refractivity contribution in [1.82, 2.24) is 15.6 Å². The molecule has 182 valence electrons. The third-order valence-corrected chi connectivity index (χ3v) is 5.81. The first-order valence-electron chi connectivity index (χ1n) is 10.6. The third-order valence-electron chi connectivity index (χ3n) is 4.74. The molecule has 8 nitrogen and oxygen atoms in total. The van der Waals surface area contributed by atoms with Crippen LogP contribution in [0.2, 0.25) is 5.02 Å². The van der Waals surface area contributed by atoms with Gasteiger partial charge in [-0.2, -0.15) is 5.10 Å². The Bertz CT molecular complexity index is 1400. The Kier molecular flexibility index (Phi) is 8.32. The molecule has 2 amide bonds. The van der Waals surface area contributed by atoms with E-state index in [1.807, 2.05) is 6.07 Å². The zero-order valence-electron chi connectivity index (χ0n) is 18.7. The van der Waals surface area contributed by atoms with Crippen molar-refractivity contribution in [3.8, 4) is 5.75 Å². The van der Waals surface area contributed by atoms with Crippen LogP contribution in [0.25, 0.3) is 0 Å². The summed E-state index contributed by atoms with van der Waals surface area (Å²) in [6, 6.07) is 19.9. The second-order valence-corrected chi connectivity index (χ2v) is 8.85. The molecule has 11 heteroatoms. The van der Waals surface area contributed by atoms with E-state index in [4.69, 9.17) is 16.3 Å². The molecular weight excluding hydrogens is 505 g/mol. The minimum atomic E-state index is -0.431. The largest absolute Gasteiger partial charge is 0.488 e. The standard InChI is InChI=1S/C25H19ClFN5O3S/c26-19-10-11-21(35-15-17-8-4-5-9-20(17)27)18(12-19)14-28-30-22(33)13-23-31-32-25(36-23)29-24(34)16-6-2-1-3-7-16/h1-12,14H,13,15H2,(H,30,33)(H,29,32,34)/b28-14-. The highest BCUT2D eigenvalue weighted by atomic mass is 35.5. The number of hydrogen-bond donors (Lipinski definition) is 2. The molecule has 1 aromatic heterocycles. The molecule has 36 heavy (non-hydrogen) atoms. The Labute approximate surface area is 214 Å². The van der Waals surface area contributed by atoms with Crippen LogP contribution in [0.5, 0.6) is 5.75 Å². The predicted molar refractivity (Wildman–Crippen MR) is 136 cm³/mol. The SMILES string of the molecule is O=C(Cc1nnc(NC(=O)c2ccccc2)s1)N/N=C\c1cc(Cl)ccc1OCc1ccccc1F. The molecule has 0 aliphatic rings. The molecule has 1 heterocycles. The van der Waals surface area contributed by atoms with E-state index < -0.39 is 5.91 Å². The van der Waals surface area contributed by atoms with Gasteiger partial charge in [0, 0.05) is 21.7 Å². The fraction of sp³-hybridized carbons (Fsp3) is 0.0800. The zero-order valence-corrected chi connectivity index (χ0v) is 20.2. The van der Waals surface area contributed by atoms with Gasteiger partial charge in [0.2, 0.25) is 11.0 Å². The number of carbonyl (C=O) groups excluding carboxylic acids is 2. The van der Waals surface area contributed by atoms with E-state index in [-0.39, 0.29) is 29.9 Å². The highest BCUT2D eigenvalue weighted by Gasteiger charge is 2.12. The molecule has 0 unspecified atom stereocenters. The highest BCUT2D eigenvalue weighted by molar-refractivity contribution is 7.15. The van der Waals surface area contributed by atoms with Gasteiger partial charge < -0.3 is 4.74 Å². The van der Waals surface area contributed by atoms with E-state index >= 15 is 0 Å². The number of benzene rings is 3. The van der Waals surface area contributed by atoms with Gasteiger partial charge >= 0.3 is 0 Å². The number of ether oxygens (including phenoxy) is 1. The van der Waals surface area contributed by atoms with Crippen molar-refractivity contribution in [2.75, 3.05) is 5.32 Å². The van der Waals surface area contributed by atoms with Gasteiger partial charge in [-0.1, -0.05) is 59.3 Å². The number of halogens is 2. The van der Waals surface area contributed by atoms with Crippen molar-refractivity contribution < 1.29 is 18.7 Å². The maximum absolute atomic E-state index is 13.9. The number of anilines is 1. The van der Waals surface area contributed by atoms with Crippen molar-refractivity contribution in [2.24, 2.45) is 5.10 Å². The van der Waals surface area contributed by atoms with Crippen LogP contribution in [0, 0.1) is 5.82 Å². The van der Waals surface area contributed by atoms with Crippen LogP contribution in [-0.4, -0.2) is 28.2 Å². The van der Waals surface area contributed by atoms with Gasteiger partial charge in [0.05, 0.1) is 12.6 Å². The second kappa shape index (κ2) is 12.0. The number of rotatable bonds is 9. The molecule has 0 atom stereocenters. The van der Waals surface area contributed by atoms with Crippen LogP contribution in [0.3, 0.4) is 0 Å². The smallest absolute Gasteiger partial charge is 0.257 e. The number of aromatic nitrogens is 2. The van der Waals surface area contributed by atoms with Crippen LogP contribution in [0.1, 0.15) is 26.5 Å². The molecule has 0 radical (unpaired) electrons. The fourth-order valence-corrected chi connectivity index (χ4v) is 3.92. The normalized spacial score (nSPS) is 10.8. The van der Waals surface area contributed by atoms with Crippen LogP contribution >= 0.6 is 22.9 Å². The average Bonchev–Trinajstić information content (AvgIpc) is 3.31. The third kappa shape index (κ3) is 6.94. The van der Waals surface area contributed by atoms with Crippen LogP contribution < -0.4 is 15.5 Å². The minimum absolute atomic E-state index is 0.0156. The van der Waals surface area contributed by atoms with Gasteiger partial charge in [0.1, 0.15) is 23.2 Å².